The van der Waals surface area contributed by atoms with Crippen molar-refractivity contribution in [2.45, 2.75) is 19.0 Å². The first kappa shape index (κ1) is 17.6. The van der Waals surface area contributed by atoms with Crippen LogP contribution in [-0.4, -0.2) is 19.7 Å². The second kappa shape index (κ2) is 6.61. The van der Waals surface area contributed by atoms with Crippen molar-refractivity contribution in [3.05, 3.63) is 69.5 Å². The molecule has 0 saturated heterocycles. The van der Waals surface area contributed by atoms with Crippen molar-refractivity contribution < 1.29 is 13.2 Å². The van der Waals surface area contributed by atoms with Gasteiger partial charge in [0, 0.05) is 11.9 Å². The van der Waals surface area contributed by atoms with Gasteiger partial charge in [-0.2, -0.15) is 18.3 Å². The summed E-state index contributed by atoms with van der Waals surface area (Å²) < 4.78 is 40.4. The van der Waals surface area contributed by atoms with Gasteiger partial charge in [-0.25, -0.2) is 0 Å². The maximum Gasteiger partial charge on any atom is 0.417 e. The molecular weight excluding hydrogens is 373 g/mol. The molecule has 2 aromatic heterocycles. The monoisotopic (exact) mass is 384 g/mol. The molecule has 1 N–H and O–H groups in total. The Bertz CT molecular complexity index is 950. The van der Waals surface area contributed by atoms with Crippen LogP contribution >= 0.6 is 23.8 Å². The third kappa shape index (κ3) is 3.45. The number of hydrogen-bond acceptors (Lipinski definition) is 3. The van der Waals surface area contributed by atoms with E-state index in [-0.39, 0.29) is 5.02 Å². The number of para-hydroxylation sites is 1. The number of halogens is 4. The van der Waals surface area contributed by atoms with Crippen molar-refractivity contribution in [1.29, 1.82) is 0 Å². The number of rotatable bonds is 3. The Kier molecular flexibility index (Phi) is 4.66. The highest BCUT2D eigenvalue weighted by molar-refractivity contribution is 7.71. The predicted molar refractivity (Wildman–Crippen MR) is 90.5 cm³/mol. The lowest BCUT2D eigenvalue weighted by Gasteiger charge is -2.15. The molecule has 1 atom stereocenters. The Morgan fingerprint density at radius 2 is 1.92 bits per heavy atom. The molecule has 0 aliphatic rings. The molecule has 4 nitrogen and oxygen atoms in total. The molecule has 3 aromatic rings. The normalized spacial score (nSPS) is 13.0. The van der Waals surface area contributed by atoms with Gasteiger partial charge >= 0.3 is 6.18 Å². The molecule has 9 heteroatoms. The number of benzene rings is 1. The van der Waals surface area contributed by atoms with E-state index in [0.717, 1.165) is 18.0 Å². The van der Waals surface area contributed by atoms with Crippen LogP contribution in [0.1, 0.15) is 29.9 Å². The van der Waals surface area contributed by atoms with Gasteiger partial charge in [-0.1, -0.05) is 29.8 Å². The van der Waals surface area contributed by atoms with E-state index >= 15 is 0 Å². The topological polar surface area (TPSA) is 46.5 Å². The zero-order valence-corrected chi connectivity index (χ0v) is 14.5. The average Bonchev–Trinajstić information content (AvgIpc) is 2.95. The lowest BCUT2D eigenvalue weighted by Crippen LogP contribution is -2.11. The number of nitrogens with zero attached hydrogens (tertiary/aromatic N) is 3. The van der Waals surface area contributed by atoms with Gasteiger partial charge in [0.15, 0.2) is 4.77 Å². The number of hydrogen-bond donors (Lipinski definition) is 1. The minimum absolute atomic E-state index is 0.0733. The Hall–Kier alpha value is -2.19. The van der Waals surface area contributed by atoms with Crippen molar-refractivity contribution >= 4 is 23.8 Å². The lowest BCUT2D eigenvalue weighted by molar-refractivity contribution is -0.137. The van der Waals surface area contributed by atoms with Crippen molar-refractivity contribution in [1.82, 2.24) is 19.7 Å². The third-order valence-electron chi connectivity index (χ3n) is 3.71. The SMILES string of the molecule is C[C@H](c1ncc(C(F)(F)F)cc1Cl)c1n[nH]c(=S)n1-c1ccccc1. The molecule has 3 rings (SSSR count). The summed E-state index contributed by atoms with van der Waals surface area (Å²) in [6.45, 7) is 1.76. The highest BCUT2D eigenvalue weighted by atomic mass is 35.5. The van der Waals surface area contributed by atoms with E-state index in [1.165, 1.54) is 0 Å². The summed E-state index contributed by atoms with van der Waals surface area (Å²) in [5, 5.41) is 6.84. The smallest absolute Gasteiger partial charge is 0.272 e. The second-order valence-corrected chi connectivity index (χ2v) is 6.16. The van der Waals surface area contributed by atoms with Crippen LogP contribution in [0.5, 0.6) is 0 Å². The Labute approximate surface area is 151 Å². The summed E-state index contributed by atoms with van der Waals surface area (Å²) in [6, 6.07) is 10.1. The molecule has 0 bridgehead atoms. The zero-order chi connectivity index (χ0) is 18.2. The molecule has 0 aliphatic carbocycles. The minimum Gasteiger partial charge on any atom is -0.272 e. The van der Waals surface area contributed by atoms with Gasteiger partial charge in [0.25, 0.3) is 0 Å². The molecule has 2 heterocycles. The van der Waals surface area contributed by atoms with E-state index in [9.17, 15) is 13.2 Å². The van der Waals surface area contributed by atoms with E-state index in [4.69, 9.17) is 23.8 Å². The Morgan fingerprint density at radius 1 is 1.24 bits per heavy atom. The van der Waals surface area contributed by atoms with E-state index in [0.29, 0.717) is 16.3 Å². The fourth-order valence-corrected chi connectivity index (χ4v) is 3.05. The number of H-pyrrole nitrogens is 1. The van der Waals surface area contributed by atoms with Gasteiger partial charge < -0.3 is 0 Å². The first-order valence-electron chi connectivity index (χ1n) is 7.24. The van der Waals surface area contributed by atoms with Gasteiger partial charge in [0.05, 0.1) is 22.2 Å². The molecule has 1 aromatic carbocycles. The molecular formula is C16H12ClF3N4S. The highest BCUT2D eigenvalue weighted by Crippen LogP contribution is 2.34. The molecule has 0 aliphatic heterocycles. The molecule has 25 heavy (non-hydrogen) atoms. The molecule has 0 spiro atoms. The van der Waals surface area contributed by atoms with E-state index < -0.39 is 17.7 Å². The summed E-state index contributed by atoms with van der Waals surface area (Å²) in [7, 11) is 0. The first-order valence-corrected chi connectivity index (χ1v) is 8.03. The van der Waals surface area contributed by atoms with Gasteiger partial charge in [-0.05, 0) is 37.3 Å². The first-order chi connectivity index (χ1) is 11.8. The van der Waals surface area contributed by atoms with Crippen molar-refractivity contribution in [3.8, 4) is 5.69 Å². The molecule has 0 fully saturated rings. The summed E-state index contributed by atoms with van der Waals surface area (Å²) in [6.07, 6.45) is -3.73. The standard InChI is InChI=1S/C16H12ClF3N4S/c1-9(13-12(17)7-10(8-21-13)16(18,19)20)14-22-23-15(25)24(14)11-5-3-2-4-6-11/h2-9H,1H3,(H,23,25)/t9-/m1/s1. The van der Waals surface area contributed by atoms with Crippen LogP contribution < -0.4 is 0 Å². The number of aromatic amines is 1. The van der Waals surface area contributed by atoms with Crippen LogP contribution in [0.15, 0.2) is 42.6 Å². The Balaban J connectivity index is 2.06. The summed E-state index contributed by atoms with van der Waals surface area (Å²) >= 11 is 11.3. The van der Waals surface area contributed by atoms with Gasteiger partial charge in [0.1, 0.15) is 5.82 Å². The van der Waals surface area contributed by atoms with Gasteiger partial charge in [-0.3, -0.25) is 14.6 Å². The second-order valence-electron chi connectivity index (χ2n) is 5.37. The molecule has 0 radical (unpaired) electrons. The summed E-state index contributed by atoms with van der Waals surface area (Å²) in [5.74, 6) is 0.0355. The fourth-order valence-electron chi connectivity index (χ4n) is 2.47. The molecule has 130 valence electrons. The average molecular weight is 385 g/mol. The maximum absolute atomic E-state index is 12.8. The van der Waals surface area contributed by atoms with E-state index in [2.05, 4.69) is 15.2 Å². The quantitative estimate of drug-likeness (QED) is 0.635. The number of aromatic nitrogens is 4. The van der Waals surface area contributed by atoms with Gasteiger partial charge in [-0.15, -0.1) is 0 Å². The number of pyridine rings is 1. The maximum atomic E-state index is 12.8. The Morgan fingerprint density at radius 3 is 2.52 bits per heavy atom. The van der Waals surface area contributed by atoms with Crippen LogP contribution in [0.3, 0.4) is 0 Å². The molecule has 0 saturated carbocycles. The van der Waals surface area contributed by atoms with E-state index in [1.807, 2.05) is 30.3 Å². The van der Waals surface area contributed by atoms with Crippen LogP contribution in [0.4, 0.5) is 13.2 Å². The van der Waals surface area contributed by atoms with Crippen molar-refractivity contribution in [2.24, 2.45) is 0 Å². The molecule has 0 amide bonds. The zero-order valence-electron chi connectivity index (χ0n) is 12.9. The minimum atomic E-state index is -4.50. The highest BCUT2D eigenvalue weighted by Gasteiger charge is 2.32. The number of nitrogens with one attached hydrogen (secondary N) is 1. The van der Waals surface area contributed by atoms with E-state index in [1.54, 1.807) is 11.5 Å². The summed E-state index contributed by atoms with van der Waals surface area (Å²) in [5.41, 5.74) is 0.183. The predicted octanol–water partition coefficient (Wildman–Crippen LogP) is 5.15. The third-order valence-corrected chi connectivity index (χ3v) is 4.28. The largest absolute Gasteiger partial charge is 0.417 e. The summed E-state index contributed by atoms with van der Waals surface area (Å²) in [4.78, 5) is 3.91. The van der Waals surface area contributed by atoms with Crippen LogP contribution in [-0.2, 0) is 6.18 Å². The van der Waals surface area contributed by atoms with Crippen molar-refractivity contribution in [2.75, 3.05) is 0 Å². The molecule has 0 unspecified atom stereocenters. The lowest BCUT2D eigenvalue weighted by atomic mass is 10.1. The number of alkyl halides is 3. The fraction of sp³-hybridized carbons (Fsp3) is 0.188. The van der Waals surface area contributed by atoms with Gasteiger partial charge in [0.2, 0.25) is 0 Å². The van der Waals surface area contributed by atoms with Crippen molar-refractivity contribution in [3.63, 3.8) is 0 Å². The van der Waals surface area contributed by atoms with Crippen LogP contribution in [0, 0.1) is 4.77 Å². The van der Waals surface area contributed by atoms with Crippen LogP contribution in [0.25, 0.3) is 5.69 Å². The van der Waals surface area contributed by atoms with Crippen LogP contribution in [0.2, 0.25) is 5.02 Å².